The summed E-state index contributed by atoms with van der Waals surface area (Å²) < 4.78 is 0. The van der Waals surface area contributed by atoms with Gasteiger partial charge >= 0.3 is 0 Å². The van der Waals surface area contributed by atoms with E-state index in [0.717, 1.165) is 6.42 Å². The van der Waals surface area contributed by atoms with Crippen LogP contribution in [-0.2, 0) is 6.42 Å². The average molecular weight is 174 g/mol. The van der Waals surface area contributed by atoms with E-state index < -0.39 is 5.54 Å². The second-order valence-electron chi connectivity index (χ2n) is 3.51. The molecule has 0 aliphatic carbocycles. The summed E-state index contributed by atoms with van der Waals surface area (Å²) in [5.74, 6) is 0. The highest BCUT2D eigenvalue weighted by atomic mass is 14.7. The zero-order chi connectivity index (χ0) is 9.73. The van der Waals surface area contributed by atoms with Gasteiger partial charge in [-0.25, -0.2) is 0 Å². The number of hydrogen-bond donors (Lipinski definition) is 1. The minimum Gasteiger partial charge on any atom is -0.314 e. The second-order valence-corrected chi connectivity index (χ2v) is 3.51. The van der Waals surface area contributed by atoms with Crippen molar-refractivity contribution < 1.29 is 0 Å². The van der Waals surface area contributed by atoms with Gasteiger partial charge in [0, 0.05) is 0 Å². The molecule has 0 bridgehead atoms. The van der Waals surface area contributed by atoms with Crippen LogP contribution in [0.15, 0.2) is 30.3 Å². The molecule has 2 heteroatoms. The Hall–Kier alpha value is -1.33. The van der Waals surface area contributed by atoms with Crippen molar-refractivity contribution >= 4 is 0 Å². The number of aryl methyl sites for hydroxylation is 1. The lowest BCUT2D eigenvalue weighted by molar-refractivity contribution is 0.546. The van der Waals surface area contributed by atoms with E-state index in [9.17, 15) is 0 Å². The minimum atomic E-state index is -0.699. The van der Waals surface area contributed by atoms with Crippen molar-refractivity contribution in [2.75, 3.05) is 0 Å². The maximum absolute atomic E-state index is 8.70. The topological polar surface area (TPSA) is 49.8 Å². The molecule has 0 spiro atoms. The van der Waals surface area contributed by atoms with Crippen LogP contribution in [0.1, 0.15) is 18.9 Å². The molecule has 0 radical (unpaired) electrons. The van der Waals surface area contributed by atoms with E-state index >= 15 is 0 Å². The zero-order valence-corrected chi connectivity index (χ0v) is 7.83. The normalized spacial score (nSPS) is 14.5. The first-order chi connectivity index (χ1) is 6.14. The van der Waals surface area contributed by atoms with Crippen LogP contribution in [-0.4, -0.2) is 5.54 Å². The van der Waals surface area contributed by atoms with Crippen LogP contribution < -0.4 is 5.73 Å². The molecule has 1 aromatic rings. The third-order valence-corrected chi connectivity index (χ3v) is 2.03. The van der Waals surface area contributed by atoms with Crippen LogP contribution in [0.25, 0.3) is 0 Å². The molecule has 68 valence electrons. The van der Waals surface area contributed by atoms with Crippen LogP contribution in [0.2, 0.25) is 0 Å². The molecule has 13 heavy (non-hydrogen) atoms. The molecular formula is C11H14N2. The SMILES string of the molecule is C[C@@](N)(C#N)CCc1ccccc1. The van der Waals surface area contributed by atoms with E-state index in [1.807, 2.05) is 30.3 Å². The molecule has 2 nitrogen and oxygen atoms in total. The molecule has 0 aliphatic heterocycles. The molecule has 0 heterocycles. The predicted molar refractivity (Wildman–Crippen MR) is 53.0 cm³/mol. The van der Waals surface area contributed by atoms with Crippen molar-refractivity contribution in [1.29, 1.82) is 5.26 Å². The van der Waals surface area contributed by atoms with E-state index in [1.54, 1.807) is 6.92 Å². The van der Waals surface area contributed by atoms with Gasteiger partial charge in [-0.05, 0) is 25.3 Å². The number of benzene rings is 1. The lowest BCUT2D eigenvalue weighted by atomic mass is 9.96. The molecule has 1 atom stereocenters. The number of rotatable bonds is 3. The van der Waals surface area contributed by atoms with Gasteiger partial charge in [-0.1, -0.05) is 30.3 Å². The van der Waals surface area contributed by atoms with E-state index in [0.29, 0.717) is 6.42 Å². The van der Waals surface area contributed by atoms with Crippen molar-refractivity contribution in [3.8, 4) is 6.07 Å². The van der Waals surface area contributed by atoms with Gasteiger partial charge in [-0.3, -0.25) is 0 Å². The summed E-state index contributed by atoms with van der Waals surface area (Å²) in [5.41, 5.74) is 6.24. The fraction of sp³-hybridized carbons (Fsp3) is 0.364. The van der Waals surface area contributed by atoms with E-state index in [2.05, 4.69) is 6.07 Å². The standard InChI is InChI=1S/C11H14N2/c1-11(13,9-12)8-7-10-5-3-2-4-6-10/h2-6H,7-8,13H2,1H3/t11-/m0/s1. The van der Waals surface area contributed by atoms with Gasteiger partial charge < -0.3 is 5.73 Å². The van der Waals surface area contributed by atoms with Crippen molar-refractivity contribution in [1.82, 2.24) is 0 Å². The number of hydrogen-bond acceptors (Lipinski definition) is 2. The summed E-state index contributed by atoms with van der Waals surface area (Å²) in [7, 11) is 0. The first kappa shape index (κ1) is 9.76. The van der Waals surface area contributed by atoms with Gasteiger partial charge in [0.05, 0.1) is 6.07 Å². The van der Waals surface area contributed by atoms with Crippen LogP contribution in [0, 0.1) is 11.3 Å². The quantitative estimate of drug-likeness (QED) is 0.760. The molecule has 2 N–H and O–H groups in total. The highest BCUT2D eigenvalue weighted by Gasteiger charge is 2.16. The Kier molecular flexibility index (Phi) is 3.05. The molecule has 0 unspecified atom stereocenters. The van der Waals surface area contributed by atoms with Gasteiger partial charge in [0.15, 0.2) is 0 Å². The van der Waals surface area contributed by atoms with E-state index in [1.165, 1.54) is 5.56 Å². The maximum Gasteiger partial charge on any atom is 0.101 e. The van der Waals surface area contributed by atoms with Crippen LogP contribution >= 0.6 is 0 Å². The summed E-state index contributed by atoms with van der Waals surface area (Å²) in [6.07, 6.45) is 1.56. The van der Waals surface area contributed by atoms with Crippen molar-refractivity contribution in [3.05, 3.63) is 35.9 Å². The van der Waals surface area contributed by atoms with Crippen molar-refractivity contribution in [2.45, 2.75) is 25.3 Å². The summed E-state index contributed by atoms with van der Waals surface area (Å²) in [6, 6.07) is 12.2. The molecule has 0 fully saturated rings. The maximum atomic E-state index is 8.70. The second kappa shape index (κ2) is 4.06. The molecule has 0 aliphatic rings. The molecule has 0 saturated carbocycles. The van der Waals surface area contributed by atoms with E-state index in [-0.39, 0.29) is 0 Å². The van der Waals surface area contributed by atoms with Crippen molar-refractivity contribution in [3.63, 3.8) is 0 Å². The molecule has 0 aromatic heterocycles. The molecule has 0 saturated heterocycles. The van der Waals surface area contributed by atoms with Crippen LogP contribution in [0.3, 0.4) is 0 Å². The lowest BCUT2D eigenvalue weighted by Gasteiger charge is -2.14. The number of nitrogens with two attached hydrogens (primary N) is 1. The Morgan fingerprint density at radius 2 is 2.00 bits per heavy atom. The summed E-state index contributed by atoms with van der Waals surface area (Å²) in [6.45, 7) is 1.76. The zero-order valence-electron chi connectivity index (χ0n) is 7.83. The molecule has 1 rings (SSSR count). The molecule has 0 amide bonds. The minimum absolute atomic E-state index is 0.699. The Bertz CT molecular complexity index is 296. The smallest absolute Gasteiger partial charge is 0.101 e. The van der Waals surface area contributed by atoms with Gasteiger partial charge in [0.1, 0.15) is 5.54 Å². The first-order valence-electron chi connectivity index (χ1n) is 4.38. The van der Waals surface area contributed by atoms with Gasteiger partial charge in [-0.15, -0.1) is 0 Å². The average Bonchev–Trinajstić information content (AvgIpc) is 2.17. The Morgan fingerprint density at radius 3 is 2.54 bits per heavy atom. The highest BCUT2D eigenvalue weighted by Crippen LogP contribution is 2.10. The Balaban J connectivity index is 2.50. The Labute approximate surface area is 79.0 Å². The molecule has 1 aromatic carbocycles. The first-order valence-corrected chi connectivity index (χ1v) is 4.38. The van der Waals surface area contributed by atoms with Gasteiger partial charge in [-0.2, -0.15) is 5.26 Å². The number of nitriles is 1. The van der Waals surface area contributed by atoms with Crippen LogP contribution in [0.5, 0.6) is 0 Å². The third-order valence-electron chi connectivity index (χ3n) is 2.03. The summed E-state index contributed by atoms with van der Waals surface area (Å²) in [4.78, 5) is 0. The lowest BCUT2D eigenvalue weighted by Crippen LogP contribution is -2.34. The van der Waals surface area contributed by atoms with Gasteiger partial charge in [0.25, 0.3) is 0 Å². The largest absolute Gasteiger partial charge is 0.314 e. The fourth-order valence-corrected chi connectivity index (χ4v) is 1.10. The predicted octanol–water partition coefficient (Wildman–Crippen LogP) is 1.86. The van der Waals surface area contributed by atoms with Gasteiger partial charge in [0.2, 0.25) is 0 Å². The van der Waals surface area contributed by atoms with Crippen molar-refractivity contribution in [2.24, 2.45) is 5.73 Å². The fourth-order valence-electron chi connectivity index (χ4n) is 1.10. The Morgan fingerprint density at radius 1 is 1.38 bits per heavy atom. The highest BCUT2D eigenvalue weighted by molar-refractivity contribution is 5.16. The van der Waals surface area contributed by atoms with E-state index in [4.69, 9.17) is 11.0 Å². The molecular weight excluding hydrogens is 160 g/mol. The van der Waals surface area contributed by atoms with Crippen LogP contribution in [0.4, 0.5) is 0 Å². The summed E-state index contributed by atoms with van der Waals surface area (Å²) in [5, 5.41) is 8.70. The monoisotopic (exact) mass is 174 g/mol. The summed E-state index contributed by atoms with van der Waals surface area (Å²) >= 11 is 0. The third kappa shape index (κ3) is 3.27. The number of nitrogens with zero attached hydrogens (tertiary/aromatic N) is 1.